The highest BCUT2D eigenvalue weighted by Crippen LogP contribution is 2.24. The lowest BCUT2D eigenvalue weighted by molar-refractivity contribution is 0.597. The standard InChI is InChI=1S/C15H22N4/c1-3-9-19-11-13(10-17-19)15(18-16)14-8-6-5-7-12(14)4-2/h5-8,10-11,15,18H,3-4,9,16H2,1-2H3. The van der Waals surface area contributed by atoms with Gasteiger partial charge in [-0.15, -0.1) is 0 Å². The van der Waals surface area contributed by atoms with Gasteiger partial charge in [0.25, 0.3) is 0 Å². The third-order valence-electron chi connectivity index (χ3n) is 3.35. The van der Waals surface area contributed by atoms with Gasteiger partial charge < -0.3 is 0 Å². The molecule has 0 saturated heterocycles. The summed E-state index contributed by atoms with van der Waals surface area (Å²) in [7, 11) is 0. The minimum absolute atomic E-state index is 0.00163. The Morgan fingerprint density at radius 2 is 2.11 bits per heavy atom. The summed E-state index contributed by atoms with van der Waals surface area (Å²) in [6, 6.07) is 8.39. The van der Waals surface area contributed by atoms with E-state index in [0.717, 1.165) is 24.9 Å². The van der Waals surface area contributed by atoms with Crippen LogP contribution in [0.1, 0.15) is 43.0 Å². The highest BCUT2D eigenvalue weighted by Gasteiger charge is 2.16. The number of nitrogens with zero attached hydrogens (tertiary/aromatic N) is 2. The number of hydrogen-bond donors (Lipinski definition) is 2. The second-order valence-electron chi connectivity index (χ2n) is 4.69. The molecule has 3 N–H and O–H groups in total. The van der Waals surface area contributed by atoms with Gasteiger partial charge in [0, 0.05) is 18.3 Å². The molecule has 0 aliphatic carbocycles. The Morgan fingerprint density at radius 3 is 2.79 bits per heavy atom. The first kappa shape index (κ1) is 13.8. The van der Waals surface area contributed by atoms with Crippen LogP contribution in [-0.4, -0.2) is 9.78 Å². The van der Waals surface area contributed by atoms with Crippen LogP contribution in [0.4, 0.5) is 0 Å². The summed E-state index contributed by atoms with van der Waals surface area (Å²) in [4.78, 5) is 0. The maximum atomic E-state index is 5.76. The Balaban J connectivity index is 2.32. The van der Waals surface area contributed by atoms with Gasteiger partial charge in [-0.2, -0.15) is 5.10 Å². The van der Waals surface area contributed by atoms with Gasteiger partial charge in [-0.1, -0.05) is 38.1 Å². The Bertz CT molecular complexity index is 518. The molecule has 2 aromatic rings. The predicted molar refractivity (Wildman–Crippen MR) is 77.5 cm³/mol. The van der Waals surface area contributed by atoms with E-state index in [-0.39, 0.29) is 6.04 Å². The minimum Gasteiger partial charge on any atom is -0.272 e. The summed E-state index contributed by atoms with van der Waals surface area (Å²) in [5, 5.41) is 4.38. The third-order valence-corrected chi connectivity index (χ3v) is 3.35. The fourth-order valence-corrected chi connectivity index (χ4v) is 2.38. The molecule has 1 atom stereocenters. The van der Waals surface area contributed by atoms with Crippen molar-refractivity contribution >= 4 is 0 Å². The van der Waals surface area contributed by atoms with Crippen molar-refractivity contribution in [2.24, 2.45) is 5.84 Å². The number of nitrogens with one attached hydrogen (secondary N) is 1. The van der Waals surface area contributed by atoms with Gasteiger partial charge >= 0.3 is 0 Å². The Morgan fingerprint density at radius 1 is 1.32 bits per heavy atom. The van der Waals surface area contributed by atoms with Crippen molar-refractivity contribution in [3.05, 3.63) is 53.3 Å². The molecule has 1 aromatic heterocycles. The Hall–Kier alpha value is -1.65. The van der Waals surface area contributed by atoms with Gasteiger partial charge in [0.1, 0.15) is 0 Å². The van der Waals surface area contributed by atoms with Crippen LogP contribution in [0.2, 0.25) is 0 Å². The average molecular weight is 258 g/mol. The van der Waals surface area contributed by atoms with Crippen molar-refractivity contribution < 1.29 is 0 Å². The third kappa shape index (κ3) is 3.03. The second kappa shape index (κ2) is 6.50. The highest BCUT2D eigenvalue weighted by atomic mass is 15.3. The number of rotatable bonds is 6. The molecular weight excluding hydrogens is 236 g/mol. The maximum Gasteiger partial charge on any atom is 0.0743 e. The van der Waals surface area contributed by atoms with Gasteiger partial charge in [-0.25, -0.2) is 5.43 Å². The molecule has 4 heteroatoms. The van der Waals surface area contributed by atoms with Crippen LogP contribution < -0.4 is 11.3 Å². The van der Waals surface area contributed by atoms with Gasteiger partial charge in [0.05, 0.1) is 12.2 Å². The molecule has 0 radical (unpaired) electrons. The zero-order valence-corrected chi connectivity index (χ0v) is 11.6. The number of aromatic nitrogens is 2. The lowest BCUT2D eigenvalue weighted by Crippen LogP contribution is -2.29. The van der Waals surface area contributed by atoms with E-state index in [2.05, 4.69) is 54.8 Å². The molecule has 0 amide bonds. The molecule has 0 saturated carbocycles. The Labute approximate surface area is 114 Å². The van der Waals surface area contributed by atoms with Crippen LogP contribution in [0, 0.1) is 0 Å². The van der Waals surface area contributed by atoms with Gasteiger partial charge in [-0.3, -0.25) is 10.5 Å². The van der Waals surface area contributed by atoms with Gasteiger partial charge in [0.2, 0.25) is 0 Å². The first-order valence-electron chi connectivity index (χ1n) is 6.86. The number of benzene rings is 1. The van der Waals surface area contributed by atoms with E-state index in [9.17, 15) is 0 Å². The summed E-state index contributed by atoms with van der Waals surface area (Å²) in [6.07, 6.45) is 6.04. The number of hydrogen-bond acceptors (Lipinski definition) is 3. The molecule has 0 aliphatic heterocycles. The zero-order chi connectivity index (χ0) is 13.7. The van der Waals surface area contributed by atoms with Crippen LogP contribution in [-0.2, 0) is 13.0 Å². The topological polar surface area (TPSA) is 55.9 Å². The van der Waals surface area contributed by atoms with Crippen molar-refractivity contribution in [1.82, 2.24) is 15.2 Å². The first-order valence-corrected chi connectivity index (χ1v) is 6.86. The van der Waals surface area contributed by atoms with E-state index in [4.69, 9.17) is 5.84 Å². The number of nitrogens with two attached hydrogens (primary N) is 1. The van der Waals surface area contributed by atoms with E-state index in [1.165, 1.54) is 11.1 Å². The summed E-state index contributed by atoms with van der Waals surface area (Å²) >= 11 is 0. The van der Waals surface area contributed by atoms with Crippen molar-refractivity contribution in [3.63, 3.8) is 0 Å². The van der Waals surface area contributed by atoms with Crippen molar-refractivity contribution in [1.29, 1.82) is 0 Å². The van der Waals surface area contributed by atoms with E-state index >= 15 is 0 Å². The molecule has 2 rings (SSSR count). The smallest absolute Gasteiger partial charge is 0.0743 e. The maximum absolute atomic E-state index is 5.76. The van der Waals surface area contributed by atoms with Gasteiger partial charge in [-0.05, 0) is 24.0 Å². The molecule has 4 nitrogen and oxygen atoms in total. The SMILES string of the molecule is CCCn1cc(C(NN)c2ccccc2CC)cn1. The highest BCUT2D eigenvalue weighted by molar-refractivity contribution is 5.35. The summed E-state index contributed by atoms with van der Waals surface area (Å²) in [6.45, 7) is 5.24. The normalized spacial score (nSPS) is 12.6. The molecule has 0 fully saturated rings. The van der Waals surface area contributed by atoms with Gasteiger partial charge in [0.15, 0.2) is 0 Å². The second-order valence-corrected chi connectivity index (χ2v) is 4.69. The average Bonchev–Trinajstić information content (AvgIpc) is 2.89. The summed E-state index contributed by atoms with van der Waals surface area (Å²) in [5.74, 6) is 5.76. The zero-order valence-electron chi connectivity index (χ0n) is 11.6. The summed E-state index contributed by atoms with van der Waals surface area (Å²) in [5.41, 5.74) is 6.56. The molecule has 1 unspecified atom stereocenters. The Kier molecular flexibility index (Phi) is 4.71. The van der Waals surface area contributed by atoms with E-state index in [0.29, 0.717) is 0 Å². The van der Waals surface area contributed by atoms with Crippen LogP contribution in [0.3, 0.4) is 0 Å². The fraction of sp³-hybridized carbons (Fsp3) is 0.400. The van der Waals surface area contributed by atoms with E-state index < -0.39 is 0 Å². The molecule has 1 heterocycles. The number of hydrazine groups is 1. The molecule has 1 aromatic carbocycles. The monoisotopic (exact) mass is 258 g/mol. The molecule has 0 aliphatic rings. The van der Waals surface area contributed by atoms with Crippen molar-refractivity contribution in [2.45, 2.75) is 39.3 Å². The molecule has 102 valence electrons. The predicted octanol–water partition coefficient (Wildman–Crippen LogP) is 2.41. The molecule has 0 bridgehead atoms. The van der Waals surface area contributed by atoms with Crippen molar-refractivity contribution in [3.8, 4) is 0 Å². The summed E-state index contributed by atoms with van der Waals surface area (Å²) < 4.78 is 1.97. The lowest BCUT2D eigenvalue weighted by Gasteiger charge is -2.18. The quantitative estimate of drug-likeness (QED) is 0.618. The lowest BCUT2D eigenvalue weighted by atomic mass is 9.95. The molecule has 19 heavy (non-hydrogen) atoms. The van der Waals surface area contributed by atoms with Crippen LogP contribution in [0.15, 0.2) is 36.7 Å². The van der Waals surface area contributed by atoms with E-state index in [1.54, 1.807) is 0 Å². The fourth-order valence-electron chi connectivity index (χ4n) is 2.38. The number of aryl methyl sites for hydroxylation is 2. The van der Waals surface area contributed by atoms with Crippen molar-refractivity contribution in [2.75, 3.05) is 0 Å². The van der Waals surface area contributed by atoms with Crippen LogP contribution in [0.25, 0.3) is 0 Å². The minimum atomic E-state index is 0.00163. The van der Waals surface area contributed by atoms with E-state index in [1.807, 2.05) is 10.9 Å². The van der Waals surface area contributed by atoms with Crippen LogP contribution >= 0.6 is 0 Å². The van der Waals surface area contributed by atoms with Crippen LogP contribution in [0.5, 0.6) is 0 Å². The molecular formula is C15H22N4. The molecule has 0 spiro atoms. The first-order chi connectivity index (χ1) is 9.30. The largest absolute Gasteiger partial charge is 0.272 e.